The molecule has 3 rings (SSSR count). The molecule has 7 nitrogen and oxygen atoms in total. The van der Waals surface area contributed by atoms with Crippen molar-refractivity contribution in [3.8, 4) is 23.0 Å². The first kappa shape index (κ1) is 24.6. The Labute approximate surface area is 192 Å². The van der Waals surface area contributed by atoms with Crippen LogP contribution in [0.25, 0.3) is 24.3 Å². The van der Waals surface area contributed by atoms with Crippen LogP contribution in [0.3, 0.4) is 0 Å². The molecule has 0 atom stereocenters. The molecule has 0 fully saturated rings. The van der Waals surface area contributed by atoms with Crippen LogP contribution in [0, 0.1) is 0 Å². The highest BCUT2D eigenvalue weighted by Crippen LogP contribution is 2.26. The van der Waals surface area contributed by atoms with Crippen LogP contribution in [0.5, 0.6) is 23.0 Å². The highest BCUT2D eigenvalue weighted by Gasteiger charge is 2.13. The molecule has 2 N–H and O–H groups in total. The molecule has 1 aromatic heterocycles. The number of nitrogens with zero attached hydrogens (tertiary/aromatic N) is 2. The number of phenolic OH excluding ortho intramolecular Hbond substituents is 2. The molecular weight excluding hydrogens is 432 g/mol. The van der Waals surface area contributed by atoms with Crippen molar-refractivity contribution in [2.24, 2.45) is 14.1 Å². The predicted molar refractivity (Wildman–Crippen MR) is 120 cm³/mol. The number of aromatic hydroxyl groups is 2. The minimum absolute atomic E-state index is 0. The summed E-state index contributed by atoms with van der Waals surface area (Å²) in [6, 6.07) is 11.9. The third-order valence-electron chi connectivity index (χ3n) is 4.99. The minimum atomic E-state index is -0.209. The molecule has 0 spiro atoms. The molecule has 3 aromatic rings. The Morgan fingerprint density at radius 1 is 0.844 bits per heavy atom. The number of methoxy groups -OCH3 is 2. The van der Waals surface area contributed by atoms with Crippen LogP contribution >= 0.6 is 0 Å². The molecule has 0 radical (unpaired) electrons. The van der Waals surface area contributed by atoms with Crippen molar-refractivity contribution in [3.63, 3.8) is 0 Å². The van der Waals surface area contributed by atoms with E-state index in [0.29, 0.717) is 34.0 Å². The van der Waals surface area contributed by atoms with Gasteiger partial charge >= 0.3 is 5.69 Å². The molecule has 0 saturated heterocycles. The first-order valence-corrected chi connectivity index (χ1v) is 9.54. The van der Waals surface area contributed by atoms with Crippen LogP contribution in [-0.2, 0) is 14.1 Å². The van der Waals surface area contributed by atoms with Crippen LogP contribution in [0.4, 0.5) is 0 Å². The van der Waals surface area contributed by atoms with Gasteiger partial charge in [0.1, 0.15) is 34.4 Å². The molecule has 8 heteroatoms. The Morgan fingerprint density at radius 2 is 1.34 bits per heavy atom. The van der Waals surface area contributed by atoms with Crippen LogP contribution in [0.15, 0.2) is 47.3 Å². The summed E-state index contributed by atoms with van der Waals surface area (Å²) in [6.07, 6.45) is 6.97. The average Bonchev–Trinajstić information content (AvgIpc) is 2.77. The van der Waals surface area contributed by atoms with E-state index in [1.165, 1.54) is 35.5 Å². The molecule has 1 heterocycles. The summed E-state index contributed by atoms with van der Waals surface area (Å²) in [5.41, 5.74) is 2.29. The van der Waals surface area contributed by atoms with Crippen LogP contribution in [0.2, 0.25) is 0 Å². The SMILES string of the molecule is COc1ccc(/C=C/c2cc(/C=C/c3ccc(OC)cc3O)[n+](C)c(=O)n2C)c(O)c1.[Cl-]. The number of rotatable bonds is 6. The van der Waals surface area contributed by atoms with Crippen molar-refractivity contribution in [1.29, 1.82) is 0 Å². The number of phenols is 2. The zero-order chi connectivity index (χ0) is 22.5. The monoisotopic (exact) mass is 456 g/mol. The van der Waals surface area contributed by atoms with Gasteiger partial charge in [-0.3, -0.25) is 0 Å². The largest absolute Gasteiger partial charge is 1.00 e. The summed E-state index contributed by atoms with van der Waals surface area (Å²) in [7, 11) is 6.42. The zero-order valence-electron chi connectivity index (χ0n) is 18.2. The quantitative estimate of drug-likeness (QED) is 0.509. The maximum atomic E-state index is 12.7. The Kier molecular flexibility index (Phi) is 8.09. The van der Waals surface area contributed by atoms with Gasteiger partial charge < -0.3 is 32.1 Å². The van der Waals surface area contributed by atoms with Crippen molar-refractivity contribution in [2.45, 2.75) is 0 Å². The molecule has 0 unspecified atom stereocenters. The van der Waals surface area contributed by atoms with Crippen LogP contribution in [0.1, 0.15) is 22.5 Å². The van der Waals surface area contributed by atoms with E-state index in [2.05, 4.69) is 0 Å². The summed E-state index contributed by atoms with van der Waals surface area (Å²) in [5.74, 6) is 1.28. The lowest BCUT2D eigenvalue weighted by Gasteiger charge is -2.05. The van der Waals surface area contributed by atoms with E-state index < -0.39 is 0 Å². The van der Waals surface area contributed by atoms with Gasteiger partial charge in [-0.2, -0.15) is 13.9 Å². The van der Waals surface area contributed by atoms with Gasteiger partial charge in [0, 0.05) is 29.3 Å². The summed E-state index contributed by atoms with van der Waals surface area (Å²) < 4.78 is 13.2. The van der Waals surface area contributed by atoms with E-state index in [9.17, 15) is 15.0 Å². The Balaban J connectivity index is 0.00000363. The summed E-state index contributed by atoms with van der Waals surface area (Å²) in [6.45, 7) is 0. The van der Waals surface area contributed by atoms with E-state index >= 15 is 0 Å². The van der Waals surface area contributed by atoms with Gasteiger partial charge in [0.05, 0.1) is 28.3 Å². The average molecular weight is 457 g/mol. The van der Waals surface area contributed by atoms with Gasteiger partial charge in [-0.25, -0.2) is 0 Å². The lowest BCUT2D eigenvalue weighted by Crippen LogP contribution is -3.00. The maximum absolute atomic E-state index is 12.7. The van der Waals surface area contributed by atoms with E-state index in [-0.39, 0.29) is 29.6 Å². The second kappa shape index (κ2) is 10.5. The minimum Gasteiger partial charge on any atom is -1.00 e. The van der Waals surface area contributed by atoms with Gasteiger partial charge in [0.15, 0.2) is 0 Å². The molecule has 0 aliphatic rings. The molecule has 0 aliphatic carbocycles. The molecule has 0 amide bonds. The number of aromatic nitrogens is 2. The van der Waals surface area contributed by atoms with Gasteiger partial charge in [-0.1, -0.05) is 0 Å². The first-order chi connectivity index (χ1) is 14.8. The Morgan fingerprint density at radius 3 is 1.81 bits per heavy atom. The smallest absolute Gasteiger partial charge is 0.498 e. The number of hydrogen-bond acceptors (Lipinski definition) is 5. The van der Waals surface area contributed by atoms with Crippen molar-refractivity contribution >= 4 is 24.3 Å². The molecule has 0 bridgehead atoms. The van der Waals surface area contributed by atoms with Crippen molar-refractivity contribution < 1.29 is 36.7 Å². The lowest BCUT2D eigenvalue weighted by atomic mass is 10.1. The summed E-state index contributed by atoms with van der Waals surface area (Å²) in [5, 5.41) is 20.3. The number of halogens is 1. The normalized spacial score (nSPS) is 11.0. The molecule has 0 aliphatic heterocycles. The second-order valence-electron chi connectivity index (χ2n) is 6.91. The lowest BCUT2D eigenvalue weighted by molar-refractivity contribution is -0.692. The third-order valence-corrected chi connectivity index (χ3v) is 4.99. The van der Waals surface area contributed by atoms with Crippen LogP contribution in [-0.4, -0.2) is 29.0 Å². The number of benzene rings is 2. The standard InChI is InChI=1S/C24H24N2O5.ClH/c1-25-18(9-5-16-7-11-20(30-3)14-22(16)27)13-19(26(2)24(25)29)10-6-17-8-12-21(31-4)15-23(17)28;/h5-15H,1-4H3,(H,27,28);1H. The second-order valence-corrected chi connectivity index (χ2v) is 6.91. The Hall–Kier alpha value is -3.71. The molecule has 168 valence electrons. The van der Waals surface area contributed by atoms with Gasteiger partial charge in [-0.05, 0) is 48.6 Å². The van der Waals surface area contributed by atoms with E-state index in [4.69, 9.17) is 9.47 Å². The summed E-state index contributed by atoms with van der Waals surface area (Å²) >= 11 is 0. The maximum Gasteiger partial charge on any atom is 0.498 e. The van der Waals surface area contributed by atoms with E-state index in [1.807, 2.05) is 6.07 Å². The van der Waals surface area contributed by atoms with Crippen molar-refractivity contribution in [3.05, 3.63) is 75.5 Å². The fourth-order valence-corrected chi connectivity index (χ4v) is 3.04. The summed E-state index contributed by atoms with van der Waals surface area (Å²) in [4.78, 5) is 12.7. The number of hydrogen-bond donors (Lipinski definition) is 2. The number of ether oxygens (including phenoxy) is 2. The molecule has 32 heavy (non-hydrogen) atoms. The fourth-order valence-electron chi connectivity index (χ4n) is 3.04. The van der Waals surface area contributed by atoms with E-state index in [0.717, 1.165) is 0 Å². The van der Waals surface area contributed by atoms with Crippen LogP contribution < -0.4 is 32.1 Å². The fraction of sp³-hybridized carbons (Fsp3) is 0.167. The first-order valence-electron chi connectivity index (χ1n) is 9.54. The van der Waals surface area contributed by atoms with E-state index in [1.54, 1.807) is 62.7 Å². The Bertz CT molecular complexity index is 1140. The molecule has 0 saturated carbocycles. The van der Waals surface area contributed by atoms with Crippen molar-refractivity contribution in [2.75, 3.05) is 14.2 Å². The van der Waals surface area contributed by atoms with Crippen molar-refractivity contribution in [1.82, 2.24) is 4.57 Å². The third kappa shape index (κ3) is 5.31. The highest BCUT2D eigenvalue weighted by atomic mass is 35.5. The van der Waals surface area contributed by atoms with Gasteiger partial charge in [0.25, 0.3) is 0 Å². The molecule has 2 aromatic carbocycles. The zero-order valence-corrected chi connectivity index (χ0v) is 19.0. The topological polar surface area (TPSA) is 84.8 Å². The highest BCUT2D eigenvalue weighted by molar-refractivity contribution is 5.74. The predicted octanol–water partition coefficient (Wildman–Crippen LogP) is -0.0170. The molecular formula is C24H25ClN2O5. The van der Waals surface area contributed by atoms with Gasteiger partial charge in [0.2, 0.25) is 0 Å². The van der Waals surface area contributed by atoms with Gasteiger partial charge in [-0.15, -0.1) is 0 Å².